The van der Waals surface area contributed by atoms with Crippen molar-refractivity contribution in [3.63, 3.8) is 0 Å². The number of phenols is 1. The van der Waals surface area contributed by atoms with Crippen LogP contribution in [0, 0.1) is 5.92 Å². The Bertz CT molecular complexity index is 622. The van der Waals surface area contributed by atoms with Gasteiger partial charge in [0, 0.05) is 44.0 Å². The molecule has 0 saturated heterocycles. The number of ether oxygens (including phenoxy) is 1. The van der Waals surface area contributed by atoms with E-state index in [1.165, 1.54) is 5.56 Å². The number of para-hydroxylation sites is 1. The molecule has 5 heteroatoms. The summed E-state index contributed by atoms with van der Waals surface area (Å²) < 4.78 is 7.30. The first-order chi connectivity index (χ1) is 11.0. The number of hydrogen-bond acceptors (Lipinski definition) is 4. The molecule has 0 amide bonds. The maximum absolute atomic E-state index is 10.4. The summed E-state index contributed by atoms with van der Waals surface area (Å²) in [4.78, 5) is 2.33. The van der Waals surface area contributed by atoms with Crippen molar-refractivity contribution in [2.75, 3.05) is 13.2 Å². The van der Waals surface area contributed by atoms with Crippen molar-refractivity contribution >= 4 is 0 Å². The topological polar surface area (TPSA) is 50.5 Å². The molecule has 0 aliphatic rings. The fourth-order valence-corrected chi connectivity index (χ4v) is 2.72. The number of aromatic nitrogens is 2. The fraction of sp³-hybridized carbons (Fsp3) is 0.500. The van der Waals surface area contributed by atoms with Gasteiger partial charge in [0.1, 0.15) is 0 Å². The van der Waals surface area contributed by atoms with Gasteiger partial charge in [0.25, 0.3) is 0 Å². The molecular formula is C18H27N3O2. The predicted octanol–water partition coefficient (Wildman–Crippen LogP) is 3.18. The highest BCUT2D eigenvalue weighted by atomic mass is 16.5. The molecule has 23 heavy (non-hydrogen) atoms. The second-order valence-electron chi connectivity index (χ2n) is 6.28. The fourth-order valence-electron chi connectivity index (χ4n) is 2.72. The van der Waals surface area contributed by atoms with Gasteiger partial charge in [0.15, 0.2) is 11.5 Å². The molecule has 0 spiro atoms. The standard InChI is InChI=1S/C18H27N3O2/c1-5-23-17-8-6-7-16(18(17)22)13-21(10-14(2)3)12-15-9-19-20(4)11-15/h6-9,11,14,22H,5,10,12-13H2,1-4H3. The Morgan fingerprint density at radius 2 is 2.09 bits per heavy atom. The van der Waals surface area contributed by atoms with Crippen LogP contribution in [0.25, 0.3) is 0 Å². The van der Waals surface area contributed by atoms with E-state index in [2.05, 4.69) is 23.8 Å². The van der Waals surface area contributed by atoms with E-state index in [9.17, 15) is 5.11 Å². The molecule has 0 aliphatic carbocycles. The number of phenolic OH excluding ortho intramolecular Hbond substituents is 1. The summed E-state index contributed by atoms with van der Waals surface area (Å²) in [6.45, 7) is 9.30. The minimum Gasteiger partial charge on any atom is -0.504 e. The summed E-state index contributed by atoms with van der Waals surface area (Å²) in [5, 5.41) is 14.6. The summed E-state index contributed by atoms with van der Waals surface area (Å²) in [7, 11) is 1.92. The van der Waals surface area contributed by atoms with Crippen molar-refractivity contribution in [3.8, 4) is 11.5 Å². The lowest BCUT2D eigenvalue weighted by molar-refractivity contribution is 0.223. The van der Waals surface area contributed by atoms with Crippen LogP contribution in [0.2, 0.25) is 0 Å². The first-order valence-corrected chi connectivity index (χ1v) is 8.13. The Hall–Kier alpha value is -2.01. The second-order valence-corrected chi connectivity index (χ2v) is 6.28. The largest absolute Gasteiger partial charge is 0.504 e. The smallest absolute Gasteiger partial charge is 0.162 e. The molecule has 0 saturated carbocycles. The maximum Gasteiger partial charge on any atom is 0.162 e. The highest BCUT2D eigenvalue weighted by Gasteiger charge is 2.14. The van der Waals surface area contributed by atoms with Gasteiger partial charge in [-0.2, -0.15) is 5.10 Å². The lowest BCUT2D eigenvalue weighted by Crippen LogP contribution is -2.27. The first kappa shape index (κ1) is 17.3. The molecule has 2 rings (SSSR count). The molecule has 0 unspecified atom stereocenters. The third kappa shape index (κ3) is 4.99. The van der Waals surface area contributed by atoms with Crippen LogP contribution < -0.4 is 4.74 Å². The van der Waals surface area contributed by atoms with Crippen molar-refractivity contribution in [2.45, 2.75) is 33.9 Å². The van der Waals surface area contributed by atoms with Crippen molar-refractivity contribution < 1.29 is 9.84 Å². The summed E-state index contributed by atoms with van der Waals surface area (Å²) in [6.07, 6.45) is 3.92. The van der Waals surface area contributed by atoms with Gasteiger partial charge in [-0.25, -0.2) is 0 Å². The van der Waals surface area contributed by atoms with E-state index in [1.54, 1.807) is 6.07 Å². The Morgan fingerprint density at radius 1 is 1.30 bits per heavy atom. The predicted molar refractivity (Wildman–Crippen MR) is 91.4 cm³/mol. The minimum atomic E-state index is 0.245. The molecule has 1 aromatic heterocycles. The normalized spacial score (nSPS) is 11.4. The number of rotatable bonds is 8. The lowest BCUT2D eigenvalue weighted by Gasteiger charge is -2.24. The Morgan fingerprint density at radius 3 is 2.70 bits per heavy atom. The van der Waals surface area contributed by atoms with E-state index in [4.69, 9.17) is 4.74 Å². The number of nitrogens with zero attached hydrogens (tertiary/aromatic N) is 3. The van der Waals surface area contributed by atoms with E-state index >= 15 is 0 Å². The van der Waals surface area contributed by atoms with Gasteiger partial charge in [-0.05, 0) is 18.9 Å². The van der Waals surface area contributed by atoms with Gasteiger partial charge in [0.2, 0.25) is 0 Å². The molecule has 0 atom stereocenters. The third-order valence-electron chi connectivity index (χ3n) is 3.56. The molecule has 1 aromatic carbocycles. The van der Waals surface area contributed by atoms with Crippen LogP contribution in [-0.2, 0) is 20.1 Å². The van der Waals surface area contributed by atoms with Gasteiger partial charge < -0.3 is 9.84 Å². The van der Waals surface area contributed by atoms with E-state index in [0.29, 0.717) is 24.8 Å². The average Bonchev–Trinajstić information content (AvgIpc) is 2.88. The van der Waals surface area contributed by atoms with Crippen LogP contribution in [0.4, 0.5) is 0 Å². The molecule has 0 bridgehead atoms. The number of aryl methyl sites for hydroxylation is 1. The minimum absolute atomic E-state index is 0.245. The summed E-state index contributed by atoms with van der Waals surface area (Å²) in [6, 6.07) is 5.68. The molecule has 0 radical (unpaired) electrons. The van der Waals surface area contributed by atoms with Gasteiger partial charge >= 0.3 is 0 Å². The number of hydrogen-bond donors (Lipinski definition) is 1. The van der Waals surface area contributed by atoms with Crippen LogP contribution in [0.15, 0.2) is 30.6 Å². The lowest BCUT2D eigenvalue weighted by atomic mass is 10.1. The summed E-state index contributed by atoms with van der Waals surface area (Å²) in [5.74, 6) is 1.34. The van der Waals surface area contributed by atoms with Crippen LogP contribution in [0.5, 0.6) is 11.5 Å². The van der Waals surface area contributed by atoms with Crippen LogP contribution in [0.1, 0.15) is 31.9 Å². The summed E-state index contributed by atoms with van der Waals surface area (Å²) >= 11 is 0. The molecule has 0 aliphatic heterocycles. The average molecular weight is 317 g/mol. The van der Waals surface area contributed by atoms with Crippen molar-refractivity contribution in [1.29, 1.82) is 0 Å². The maximum atomic E-state index is 10.4. The molecule has 1 heterocycles. The number of aromatic hydroxyl groups is 1. The van der Waals surface area contributed by atoms with Crippen LogP contribution in [0.3, 0.4) is 0 Å². The van der Waals surface area contributed by atoms with Gasteiger partial charge in [0.05, 0.1) is 12.8 Å². The van der Waals surface area contributed by atoms with E-state index in [0.717, 1.165) is 18.7 Å². The molecule has 2 aromatic rings. The highest BCUT2D eigenvalue weighted by Crippen LogP contribution is 2.31. The van der Waals surface area contributed by atoms with E-state index in [1.807, 2.05) is 43.2 Å². The van der Waals surface area contributed by atoms with Crippen molar-refractivity contribution in [1.82, 2.24) is 14.7 Å². The molecule has 126 valence electrons. The van der Waals surface area contributed by atoms with E-state index in [-0.39, 0.29) is 5.75 Å². The highest BCUT2D eigenvalue weighted by molar-refractivity contribution is 5.45. The molecule has 5 nitrogen and oxygen atoms in total. The zero-order valence-electron chi connectivity index (χ0n) is 14.5. The zero-order valence-corrected chi connectivity index (χ0v) is 14.5. The molecular weight excluding hydrogens is 290 g/mol. The Balaban J connectivity index is 2.15. The Labute approximate surface area is 138 Å². The van der Waals surface area contributed by atoms with Crippen LogP contribution >= 0.6 is 0 Å². The third-order valence-corrected chi connectivity index (χ3v) is 3.56. The molecule has 0 fully saturated rings. The monoisotopic (exact) mass is 317 g/mol. The first-order valence-electron chi connectivity index (χ1n) is 8.13. The van der Waals surface area contributed by atoms with Crippen molar-refractivity contribution in [2.24, 2.45) is 13.0 Å². The SMILES string of the molecule is CCOc1cccc(CN(Cc2cnn(C)c2)CC(C)C)c1O. The van der Waals surface area contributed by atoms with Gasteiger partial charge in [-0.1, -0.05) is 26.0 Å². The van der Waals surface area contributed by atoms with Gasteiger partial charge in [-0.3, -0.25) is 9.58 Å². The number of benzene rings is 1. The van der Waals surface area contributed by atoms with Crippen LogP contribution in [-0.4, -0.2) is 32.9 Å². The summed E-state index contributed by atoms with van der Waals surface area (Å²) in [5.41, 5.74) is 2.06. The zero-order chi connectivity index (χ0) is 16.8. The van der Waals surface area contributed by atoms with Gasteiger partial charge in [-0.15, -0.1) is 0 Å². The molecule has 1 N–H and O–H groups in total. The Kier molecular flexibility index (Phi) is 6.04. The second kappa shape index (κ2) is 8.02. The van der Waals surface area contributed by atoms with Crippen molar-refractivity contribution in [3.05, 3.63) is 41.7 Å². The quantitative estimate of drug-likeness (QED) is 0.812. The van der Waals surface area contributed by atoms with E-state index < -0.39 is 0 Å².